The fourth-order valence-electron chi connectivity index (χ4n) is 4.95. The Morgan fingerprint density at radius 2 is 0.971 bits per heavy atom. The number of benzene rings is 2. The molecule has 0 unspecified atom stereocenters. The van der Waals surface area contributed by atoms with Crippen molar-refractivity contribution in [2.75, 3.05) is 5.32 Å². The second-order valence-electron chi connectivity index (χ2n) is 10.3. The molecule has 0 aliphatic heterocycles. The van der Waals surface area contributed by atoms with Gasteiger partial charge in [0.1, 0.15) is 0 Å². The molecule has 34 heavy (non-hydrogen) atoms. The van der Waals surface area contributed by atoms with Crippen molar-refractivity contribution in [3.63, 3.8) is 0 Å². The maximum Gasteiger partial charge on any atom is 0.0449 e. The zero-order valence-electron chi connectivity index (χ0n) is 22.8. The lowest BCUT2D eigenvalue weighted by Gasteiger charge is -2.18. The van der Waals surface area contributed by atoms with E-state index in [0.717, 1.165) is 0 Å². The molecule has 1 N–H and O–H groups in total. The molecule has 0 heterocycles. The minimum absolute atomic E-state index is 1.19. The Morgan fingerprint density at radius 1 is 0.500 bits per heavy atom. The van der Waals surface area contributed by atoms with E-state index in [-0.39, 0.29) is 0 Å². The average Bonchev–Trinajstić information content (AvgIpc) is 2.85. The molecule has 1 heteroatoms. The zero-order valence-corrected chi connectivity index (χ0v) is 22.8. The Kier molecular flexibility index (Phi) is 15.5. The molecule has 1 nitrogen and oxygen atoms in total. The maximum atomic E-state index is 3.90. The lowest BCUT2D eigenvalue weighted by atomic mass is 9.97. The van der Waals surface area contributed by atoms with Gasteiger partial charge in [-0.3, -0.25) is 0 Å². The van der Waals surface area contributed by atoms with Gasteiger partial charge < -0.3 is 5.32 Å². The molecule has 0 saturated heterocycles. The van der Waals surface area contributed by atoms with E-state index in [1.54, 1.807) is 0 Å². The second-order valence-corrected chi connectivity index (χ2v) is 10.3. The van der Waals surface area contributed by atoms with Crippen molar-refractivity contribution in [3.05, 3.63) is 59.2 Å². The van der Waals surface area contributed by atoms with Crippen LogP contribution in [-0.4, -0.2) is 0 Å². The fraction of sp³-hybridized carbons (Fsp3) is 0.636. The van der Waals surface area contributed by atoms with Crippen molar-refractivity contribution in [2.24, 2.45) is 0 Å². The highest BCUT2D eigenvalue weighted by Crippen LogP contribution is 2.29. The highest BCUT2D eigenvalue weighted by molar-refractivity contribution is 5.67. The highest BCUT2D eigenvalue weighted by atomic mass is 14.9. The summed E-state index contributed by atoms with van der Waals surface area (Å²) in [7, 11) is 0. The summed E-state index contributed by atoms with van der Waals surface area (Å²) in [5, 5.41) is 3.90. The van der Waals surface area contributed by atoms with Crippen molar-refractivity contribution in [1.29, 1.82) is 0 Å². The Bertz CT molecular complexity index is 731. The first-order valence-electron chi connectivity index (χ1n) is 14.7. The molecule has 0 spiro atoms. The molecule has 2 aromatic carbocycles. The number of anilines is 2. The zero-order chi connectivity index (χ0) is 24.3. The van der Waals surface area contributed by atoms with Crippen LogP contribution in [0.15, 0.2) is 42.5 Å². The van der Waals surface area contributed by atoms with E-state index in [9.17, 15) is 0 Å². The Hall–Kier alpha value is -1.76. The molecule has 190 valence electrons. The molecule has 0 amide bonds. The smallest absolute Gasteiger partial charge is 0.0449 e. The van der Waals surface area contributed by atoms with Gasteiger partial charge in [-0.15, -0.1) is 0 Å². The van der Waals surface area contributed by atoms with Crippen LogP contribution in [0.25, 0.3) is 0 Å². The Labute approximate surface area is 212 Å². The maximum absolute atomic E-state index is 3.90. The largest absolute Gasteiger partial charge is 0.355 e. The molecule has 0 aliphatic carbocycles. The molecule has 0 bridgehead atoms. The van der Waals surface area contributed by atoms with Gasteiger partial charge in [0.05, 0.1) is 0 Å². The second kappa shape index (κ2) is 18.6. The van der Waals surface area contributed by atoms with Crippen LogP contribution in [0.2, 0.25) is 0 Å². The number of rotatable bonds is 20. The summed E-state index contributed by atoms with van der Waals surface area (Å²) in [4.78, 5) is 0. The molecular formula is C33H53N. The van der Waals surface area contributed by atoms with E-state index in [4.69, 9.17) is 0 Å². The molecule has 2 rings (SSSR count). The first-order chi connectivity index (χ1) is 16.8. The molecular weight excluding hydrogens is 410 g/mol. The standard InChI is InChI=1S/C33H53N/c1-4-7-10-13-16-21-29-22-19-27-32(28-29)34-33-30(23-17-14-11-8-5-2)25-20-26-31(33)24-18-15-12-9-6-3/h19-20,22,25-28,34H,4-18,21,23-24H2,1-3H3. The molecule has 0 aromatic heterocycles. The number of unbranched alkanes of at least 4 members (excludes halogenated alkanes) is 12. The summed E-state index contributed by atoms with van der Waals surface area (Å²) in [6.45, 7) is 6.88. The van der Waals surface area contributed by atoms with Crippen molar-refractivity contribution in [3.8, 4) is 0 Å². The minimum atomic E-state index is 1.19. The summed E-state index contributed by atoms with van der Waals surface area (Å²) >= 11 is 0. The van der Waals surface area contributed by atoms with E-state index in [2.05, 4.69) is 68.6 Å². The van der Waals surface area contributed by atoms with Crippen LogP contribution in [0, 0.1) is 0 Å². The normalized spacial score (nSPS) is 11.1. The van der Waals surface area contributed by atoms with Crippen molar-refractivity contribution < 1.29 is 0 Å². The number of hydrogen-bond donors (Lipinski definition) is 1. The number of aryl methyl sites for hydroxylation is 3. The van der Waals surface area contributed by atoms with Crippen LogP contribution in [0.4, 0.5) is 11.4 Å². The van der Waals surface area contributed by atoms with Gasteiger partial charge in [-0.1, -0.05) is 128 Å². The van der Waals surface area contributed by atoms with E-state index < -0.39 is 0 Å². The number of hydrogen-bond acceptors (Lipinski definition) is 1. The first-order valence-corrected chi connectivity index (χ1v) is 14.7. The van der Waals surface area contributed by atoms with Gasteiger partial charge in [0.2, 0.25) is 0 Å². The number of nitrogens with one attached hydrogen (secondary N) is 1. The monoisotopic (exact) mass is 463 g/mol. The van der Waals surface area contributed by atoms with E-state index in [0.29, 0.717) is 0 Å². The third-order valence-electron chi connectivity index (χ3n) is 7.10. The summed E-state index contributed by atoms with van der Waals surface area (Å²) < 4.78 is 0. The predicted molar refractivity (Wildman–Crippen MR) is 154 cm³/mol. The molecule has 0 fully saturated rings. The van der Waals surface area contributed by atoms with Gasteiger partial charge in [0.25, 0.3) is 0 Å². The Morgan fingerprint density at radius 3 is 1.50 bits per heavy atom. The van der Waals surface area contributed by atoms with Crippen LogP contribution >= 0.6 is 0 Å². The topological polar surface area (TPSA) is 12.0 Å². The van der Waals surface area contributed by atoms with Crippen molar-refractivity contribution in [2.45, 2.75) is 136 Å². The van der Waals surface area contributed by atoms with Gasteiger partial charge in [-0.25, -0.2) is 0 Å². The summed E-state index contributed by atoms with van der Waals surface area (Å²) in [5.41, 5.74) is 7.14. The fourth-order valence-corrected chi connectivity index (χ4v) is 4.95. The number of para-hydroxylation sites is 1. The molecule has 0 saturated carbocycles. The highest BCUT2D eigenvalue weighted by Gasteiger charge is 2.10. The van der Waals surface area contributed by atoms with E-state index >= 15 is 0 Å². The minimum Gasteiger partial charge on any atom is -0.355 e. The first kappa shape index (κ1) is 28.5. The van der Waals surface area contributed by atoms with Crippen LogP contribution in [0.3, 0.4) is 0 Å². The van der Waals surface area contributed by atoms with Crippen LogP contribution in [0.5, 0.6) is 0 Å². The third-order valence-corrected chi connectivity index (χ3v) is 7.10. The van der Waals surface area contributed by atoms with Crippen molar-refractivity contribution >= 4 is 11.4 Å². The van der Waals surface area contributed by atoms with E-state index in [1.165, 1.54) is 144 Å². The average molecular weight is 464 g/mol. The predicted octanol–water partition coefficient (Wildman–Crippen LogP) is 11.0. The van der Waals surface area contributed by atoms with E-state index in [1.807, 2.05) is 0 Å². The SMILES string of the molecule is CCCCCCCc1cccc(Nc2c(CCCCCCC)cccc2CCCCCCC)c1. The molecule has 2 aromatic rings. The molecule has 0 atom stereocenters. The van der Waals surface area contributed by atoms with Gasteiger partial charge in [-0.05, 0) is 67.3 Å². The summed E-state index contributed by atoms with van der Waals surface area (Å²) in [6.07, 6.45) is 23.7. The van der Waals surface area contributed by atoms with Crippen LogP contribution in [0.1, 0.15) is 134 Å². The quantitative estimate of drug-likeness (QED) is 0.192. The van der Waals surface area contributed by atoms with Gasteiger partial charge >= 0.3 is 0 Å². The third kappa shape index (κ3) is 11.6. The molecule has 0 aliphatic rings. The van der Waals surface area contributed by atoms with Crippen LogP contribution < -0.4 is 5.32 Å². The lowest BCUT2D eigenvalue weighted by molar-refractivity contribution is 0.629. The van der Waals surface area contributed by atoms with Gasteiger partial charge in [0, 0.05) is 11.4 Å². The van der Waals surface area contributed by atoms with Gasteiger partial charge in [-0.2, -0.15) is 0 Å². The van der Waals surface area contributed by atoms with Crippen molar-refractivity contribution in [1.82, 2.24) is 0 Å². The lowest BCUT2D eigenvalue weighted by Crippen LogP contribution is -2.02. The Balaban J connectivity index is 2.07. The molecule has 0 radical (unpaired) electrons. The van der Waals surface area contributed by atoms with Gasteiger partial charge in [0.15, 0.2) is 0 Å². The van der Waals surface area contributed by atoms with Crippen LogP contribution in [-0.2, 0) is 19.3 Å². The summed E-state index contributed by atoms with van der Waals surface area (Å²) in [5.74, 6) is 0. The summed E-state index contributed by atoms with van der Waals surface area (Å²) in [6, 6.07) is 16.2.